The van der Waals surface area contributed by atoms with Crippen LogP contribution in [0, 0.1) is 23.3 Å². The number of amides is 3. The molecule has 366 valence electrons. The highest BCUT2D eigenvalue weighted by Crippen LogP contribution is 2.49. The van der Waals surface area contributed by atoms with Gasteiger partial charge in [-0.2, -0.15) is 0 Å². The molecule has 16 nitrogen and oxygen atoms in total. The smallest absolute Gasteiger partial charge is 0.416 e. The number of nitrogens with two attached hydrogens (primary N) is 2. The first kappa shape index (κ1) is 50.0. The van der Waals surface area contributed by atoms with E-state index >= 15 is 0 Å². The molecule has 2 saturated carbocycles. The first-order valence-electron chi connectivity index (χ1n) is 21.5. The molecule has 2 aliphatic rings. The third kappa shape index (κ3) is 9.83. The van der Waals surface area contributed by atoms with Crippen LogP contribution in [0.5, 0.6) is 11.5 Å². The number of carbonyl (C=O) groups is 3. The highest BCUT2D eigenvalue weighted by Gasteiger charge is 2.53. The van der Waals surface area contributed by atoms with Crippen LogP contribution < -0.4 is 26.0 Å². The quantitative estimate of drug-likeness (QED) is 0.0996. The number of hydrogen-bond donors (Lipinski definition) is 3. The van der Waals surface area contributed by atoms with Crippen molar-refractivity contribution in [1.82, 2.24) is 30.4 Å². The molecule has 8 rings (SSSR count). The molecular weight excluding hydrogens is 927 g/mol. The number of phenols is 1. The average molecular weight is 973 g/mol. The largest absolute Gasteiger partial charge is 0.506 e. The summed E-state index contributed by atoms with van der Waals surface area (Å²) >= 11 is 0. The second-order valence-electron chi connectivity index (χ2n) is 17.7. The van der Waals surface area contributed by atoms with Crippen LogP contribution >= 0.6 is 0 Å². The number of hydrogen-bond acceptors (Lipinski definition) is 13. The van der Waals surface area contributed by atoms with Gasteiger partial charge in [-0.15, -0.1) is 20.4 Å². The minimum absolute atomic E-state index is 0.00158. The molecule has 70 heavy (non-hydrogen) atoms. The highest BCUT2D eigenvalue weighted by atomic mass is 19.2. The lowest BCUT2D eigenvalue weighted by molar-refractivity contribution is 0.0506. The number of rotatable bonds is 12. The summed E-state index contributed by atoms with van der Waals surface area (Å²) in [6, 6.07) is 15.3. The number of alkyl halides is 2. The van der Waals surface area contributed by atoms with Crippen LogP contribution in [0.4, 0.5) is 42.8 Å². The molecule has 0 unspecified atom stereocenters. The number of aromatic hydroxyl groups is 1. The number of halogens is 6. The molecule has 3 amide bonds. The molecule has 5 N–H and O–H groups in total. The van der Waals surface area contributed by atoms with Crippen LogP contribution in [-0.4, -0.2) is 92.0 Å². The van der Waals surface area contributed by atoms with Crippen molar-refractivity contribution in [2.75, 3.05) is 30.5 Å². The van der Waals surface area contributed by atoms with Gasteiger partial charge in [-0.1, -0.05) is 0 Å². The summed E-state index contributed by atoms with van der Waals surface area (Å²) in [4.78, 5) is 47.5. The number of benzene rings is 2. The molecule has 0 radical (unpaired) electrons. The van der Waals surface area contributed by atoms with Gasteiger partial charge in [-0.25, -0.2) is 31.1 Å². The van der Waals surface area contributed by atoms with Crippen LogP contribution in [0.1, 0.15) is 78.6 Å². The zero-order valence-electron chi connectivity index (χ0n) is 38.3. The van der Waals surface area contributed by atoms with Crippen molar-refractivity contribution < 1.29 is 55.3 Å². The standard InChI is InChI=1S/C27H28F3N5O4.C21H18F3N5O2/c1-26(2,3)39-25(37)35(14-27(12-15(28)13-27)23-18(30)6-5-11-32-23)20-10-9-19(33-34-20)21-17(29)8-7-16(24(31)36)22(21)38-4;1-29(21(9-11(22)10-21)19-14(24)3-2-8-26-19)16-7-6-15(27-28-16)17-13(23)5-4-12(18(17)30)20(25)31/h5-11,15H,12-14H2,1-4H3,(H2,31,36);2-8,11,30H,9-10H2,1H3,(H2,25,31)/t15-,27+;11-,21-. The zero-order valence-corrected chi connectivity index (χ0v) is 38.3. The van der Waals surface area contributed by atoms with Crippen molar-refractivity contribution >= 4 is 29.5 Å². The van der Waals surface area contributed by atoms with Crippen molar-refractivity contribution in [2.45, 2.75) is 75.4 Å². The van der Waals surface area contributed by atoms with Crippen LogP contribution in [0.15, 0.2) is 85.2 Å². The van der Waals surface area contributed by atoms with Gasteiger partial charge in [0.05, 0.1) is 52.0 Å². The Bertz CT molecular complexity index is 2930. The summed E-state index contributed by atoms with van der Waals surface area (Å²) in [5.41, 5.74) is 6.83. The molecule has 0 aliphatic heterocycles. The van der Waals surface area contributed by atoms with Gasteiger partial charge in [0.25, 0.3) is 11.8 Å². The first-order chi connectivity index (χ1) is 33.1. The Hall–Kier alpha value is -7.91. The van der Waals surface area contributed by atoms with E-state index in [-0.39, 0.29) is 94.6 Å². The number of anilines is 2. The summed E-state index contributed by atoms with van der Waals surface area (Å²) in [5.74, 6) is -4.98. The van der Waals surface area contributed by atoms with E-state index in [2.05, 4.69) is 30.4 Å². The molecule has 2 fully saturated rings. The van der Waals surface area contributed by atoms with Crippen LogP contribution in [0.2, 0.25) is 0 Å². The van der Waals surface area contributed by atoms with E-state index in [1.807, 2.05) is 0 Å². The lowest BCUT2D eigenvalue weighted by atomic mass is 9.64. The Morgan fingerprint density at radius 1 is 0.700 bits per heavy atom. The van der Waals surface area contributed by atoms with E-state index in [1.54, 1.807) is 32.7 Å². The summed E-state index contributed by atoms with van der Waals surface area (Å²) in [7, 11) is 2.87. The Balaban J connectivity index is 0.000000212. The summed E-state index contributed by atoms with van der Waals surface area (Å²) < 4.78 is 97.2. The lowest BCUT2D eigenvalue weighted by Crippen LogP contribution is -2.56. The Morgan fingerprint density at radius 3 is 1.70 bits per heavy atom. The molecule has 0 bridgehead atoms. The summed E-state index contributed by atoms with van der Waals surface area (Å²) in [6.45, 7) is 4.83. The third-order valence-electron chi connectivity index (χ3n) is 11.9. The van der Waals surface area contributed by atoms with E-state index in [0.717, 1.165) is 23.1 Å². The fourth-order valence-corrected chi connectivity index (χ4v) is 8.52. The molecule has 2 aliphatic carbocycles. The van der Waals surface area contributed by atoms with Gasteiger partial charge < -0.3 is 30.9 Å². The van der Waals surface area contributed by atoms with E-state index in [4.69, 9.17) is 20.9 Å². The van der Waals surface area contributed by atoms with Gasteiger partial charge in [0.2, 0.25) is 0 Å². The average Bonchev–Trinajstić information content (AvgIpc) is 3.28. The maximum Gasteiger partial charge on any atom is 0.416 e. The number of primary amides is 2. The van der Waals surface area contributed by atoms with Gasteiger partial charge in [0.15, 0.2) is 11.6 Å². The predicted molar refractivity (Wildman–Crippen MR) is 242 cm³/mol. The number of aromatic nitrogens is 6. The van der Waals surface area contributed by atoms with E-state index in [1.165, 1.54) is 74.1 Å². The van der Waals surface area contributed by atoms with Crippen LogP contribution in [0.3, 0.4) is 0 Å². The second-order valence-corrected chi connectivity index (χ2v) is 17.7. The minimum Gasteiger partial charge on any atom is -0.506 e. The van der Waals surface area contributed by atoms with Gasteiger partial charge in [0, 0.05) is 44.2 Å². The fraction of sp³-hybridized carbons (Fsp3) is 0.312. The van der Waals surface area contributed by atoms with Crippen molar-refractivity contribution in [3.8, 4) is 34.0 Å². The summed E-state index contributed by atoms with van der Waals surface area (Å²) in [6.07, 6.45) is -0.365. The fourth-order valence-electron chi connectivity index (χ4n) is 8.52. The normalized spacial score (nSPS) is 19.4. The van der Waals surface area contributed by atoms with Gasteiger partial charge in [0.1, 0.15) is 58.4 Å². The maximum absolute atomic E-state index is 14.8. The summed E-state index contributed by atoms with van der Waals surface area (Å²) in [5, 5.41) is 26.4. The molecule has 0 spiro atoms. The van der Waals surface area contributed by atoms with Crippen molar-refractivity contribution in [2.24, 2.45) is 11.5 Å². The topological polar surface area (TPSA) is 226 Å². The minimum atomic E-state index is -1.20. The molecule has 0 atom stereocenters. The molecule has 4 aromatic heterocycles. The number of methoxy groups -OCH3 is 1. The lowest BCUT2D eigenvalue weighted by Gasteiger charge is -2.50. The van der Waals surface area contributed by atoms with Crippen molar-refractivity contribution in [1.29, 1.82) is 0 Å². The van der Waals surface area contributed by atoms with E-state index in [9.17, 15) is 45.8 Å². The first-order valence-corrected chi connectivity index (χ1v) is 21.5. The zero-order chi connectivity index (χ0) is 50.9. The maximum atomic E-state index is 14.8. The molecule has 2 aromatic carbocycles. The number of carbonyl (C=O) groups excluding carboxylic acids is 3. The molecule has 6 aromatic rings. The SMILES string of the molecule is CN(c1ccc(-c2c(F)ccc(C(N)=O)c2O)nn1)[C@]1(c2ncccc2F)C[C@@H](F)C1.COc1c(C(N)=O)ccc(F)c1-c1ccc(N(C[C@]2(c3ncccc3F)C[C@@H](F)C2)C(=O)OC(C)(C)C)nn1. The second kappa shape index (κ2) is 19.6. The van der Waals surface area contributed by atoms with Crippen molar-refractivity contribution in [3.05, 3.63) is 131 Å². The Labute approximate surface area is 396 Å². The van der Waals surface area contributed by atoms with Crippen LogP contribution in [0.25, 0.3) is 22.5 Å². The van der Waals surface area contributed by atoms with Crippen LogP contribution in [-0.2, 0) is 15.7 Å². The van der Waals surface area contributed by atoms with E-state index in [0.29, 0.717) is 0 Å². The molecular formula is C48H46F6N10O6. The third-order valence-corrected chi connectivity index (χ3v) is 11.9. The van der Waals surface area contributed by atoms with Crippen molar-refractivity contribution in [3.63, 3.8) is 0 Å². The Kier molecular flexibility index (Phi) is 14.0. The number of pyridine rings is 2. The van der Waals surface area contributed by atoms with Gasteiger partial charge in [-0.05, 0) is 106 Å². The van der Waals surface area contributed by atoms with Gasteiger partial charge in [-0.3, -0.25) is 24.5 Å². The number of ether oxygens (including phenoxy) is 2. The van der Waals surface area contributed by atoms with E-state index < -0.39 is 75.8 Å². The van der Waals surface area contributed by atoms with Gasteiger partial charge >= 0.3 is 6.09 Å². The molecule has 4 heterocycles. The highest BCUT2D eigenvalue weighted by molar-refractivity contribution is 5.99. The Morgan fingerprint density at radius 2 is 1.21 bits per heavy atom. The monoisotopic (exact) mass is 972 g/mol. The molecule has 0 saturated heterocycles. The number of nitrogens with zero attached hydrogens (tertiary/aromatic N) is 8. The predicted octanol–water partition coefficient (Wildman–Crippen LogP) is 7.82. The molecule has 22 heteroatoms.